The van der Waals surface area contributed by atoms with E-state index < -0.39 is 6.09 Å². The first-order valence-corrected chi connectivity index (χ1v) is 2.67. The predicted octanol–water partition coefficient (Wildman–Crippen LogP) is -0.0999. The monoisotopic (exact) mass is 150 g/mol. The van der Waals surface area contributed by atoms with E-state index in [2.05, 4.69) is 9.57 Å². The summed E-state index contributed by atoms with van der Waals surface area (Å²) < 4.78 is 4.20. The number of carbonyl (C=O) groups is 1. The molecule has 0 aliphatic heterocycles. The average molecular weight is 150 g/mol. The zero-order chi connectivity index (χ0) is 7.98. The van der Waals surface area contributed by atoms with E-state index in [1.54, 1.807) is 6.92 Å². The molecule has 60 valence electrons. The standard InChI is InChI=1S/C4H10N2O4/c1-3-10-6(5-8)4(7)9-2/h5,8H,3H2,1-2H3. The normalized spacial score (nSPS) is 9.10. The van der Waals surface area contributed by atoms with Gasteiger partial charge in [0.25, 0.3) is 0 Å². The van der Waals surface area contributed by atoms with Gasteiger partial charge in [-0.05, 0) is 6.92 Å². The molecular weight excluding hydrogens is 140 g/mol. The molecule has 0 aromatic rings. The molecule has 6 heteroatoms. The number of nitrogens with one attached hydrogen (secondary N) is 1. The van der Waals surface area contributed by atoms with Crippen LogP contribution in [0.5, 0.6) is 0 Å². The second kappa shape index (κ2) is 4.98. The van der Waals surface area contributed by atoms with Crippen molar-refractivity contribution in [3.63, 3.8) is 0 Å². The SMILES string of the molecule is CCON(NO)C(=O)OC. The van der Waals surface area contributed by atoms with Crippen molar-refractivity contribution in [1.29, 1.82) is 0 Å². The summed E-state index contributed by atoms with van der Waals surface area (Å²) in [5, 5.41) is 8.68. The van der Waals surface area contributed by atoms with Crippen molar-refractivity contribution in [2.45, 2.75) is 6.92 Å². The molecule has 2 N–H and O–H groups in total. The van der Waals surface area contributed by atoms with Gasteiger partial charge < -0.3 is 4.74 Å². The summed E-state index contributed by atoms with van der Waals surface area (Å²) in [6.07, 6.45) is -0.815. The van der Waals surface area contributed by atoms with Gasteiger partial charge >= 0.3 is 6.09 Å². The van der Waals surface area contributed by atoms with Gasteiger partial charge in [0.05, 0.1) is 13.7 Å². The molecule has 10 heavy (non-hydrogen) atoms. The minimum atomic E-state index is -0.815. The van der Waals surface area contributed by atoms with Crippen LogP contribution >= 0.6 is 0 Å². The van der Waals surface area contributed by atoms with Crippen LogP contribution < -0.4 is 5.59 Å². The molecule has 0 radical (unpaired) electrons. The molecule has 0 saturated carbocycles. The first-order valence-electron chi connectivity index (χ1n) is 2.67. The molecule has 0 fully saturated rings. The van der Waals surface area contributed by atoms with Gasteiger partial charge in [0, 0.05) is 0 Å². The maximum absolute atomic E-state index is 10.5. The fourth-order valence-corrected chi connectivity index (χ4v) is 0.334. The van der Waals surface area contributed by atoms with Gasteiger partial charge in [-0.2, -0.15) is 0 Å². The van der Waals surface area contributed by atoms with E-state index in [0.717, 1.165) is 0 Å². The van der Waals surface area contributed by atoms with Crippen molar-refractivity contribution in [2.75, 3.05) is 13.7 Å². The molecule has 0 rings (SSSR count). The lowest BCUT2D eigenvalue weighted by molar-refractivity contribution is -0.225. The van der Waals surface area contributed by atoms with Crippen molar-refractivity contribution in [2.24, 2.45) is 0 Å². The summed E-state index contributed by atoms with van der Waals surface area (Å²) in [5.41, 5.74) is 1.49. The van der Waals surface area contributed by atoms with E-state index in [9.17, 15) is 4.79 Å². The molecule has 0 aromatic heterocycles. The van der Waals surface area contributed by atoms with E-state index >= 15 is 0 Å². The summed E-state index contributed by atoms with van der Waals surface area (Å²) in [4.78, 5) is 15.0. The predicted molar refractivity (Wildman–Crippen MR) is 30.8 cm³/mol. The Morgan fingerprint density at radius 3 is 2.70 bits per heavy atom. The molecule has 1 amide bonds. The Morgan fingerprint density at radius 2 is 2.40 bits per heavy atom. The molecule has 0 unspecified atom stereocenters. The average Bonchev–Trinajstić information content (AvgIpc) is 1.99. The van der Waals surface area contributed by atoms with Crippen molar-refractivity contribution >= 4 is 6.09 Å². The van der Waals surface area contributed by atoms with Crippen LogP contribution in [0, 0.1) is 0 Å². The van der Waals surface area contributed by atoms with E-state index in [-0.39, 0.29) is 6.61 Å². The second-order valence-corrected chi connectivity index (χ2v) is 1.28. The summed E-state index contributed by atoms with van der Waals surface area (Å²) in [6, 6.07) is 0. The number of hydrogen-bond donors (Lipinski definition) is 2. The van der Waals surface area contributed by atoms with Gasteiger partial charge in [-0.1, -0.05) is 10.8 Å². The van der Waals surface area contributed by atoms with Crippen LogP contribution in [0.3, 0.4) is 0 Å². The topological polar surface area (TPSA) is 71.0 Å². The van der Waals surface area contributed by atoms with E-state index in [1.807, 2.05) is 0 Å². The number of carbonyl (C=O) groups excluding carboxylic acids is 1. The first-order chi connectivity index (χ1) is 4.76. The van der Waals surface area contributed by atoms with Gasteiger partial charge in [0.1, 0.15) is 0 Å². The van der Waals surface area contributed by atoms with Crippen LogP contribution in [0.4, 0.5) is 4.79 Å². The molecule has 0 saturated heterocycles. The van der Waals surface area contributed by atoms with Crippen LogP contribution in [0.2, 0.25) is 0 Å². The number of hydrazine groups is 1. The Hall–Kier alpha value is -0.850. The Morgan fingerprint density at radius 1 is 1.80 bits per heavy atom. The molecule has 0 atom stereocenters. The summed E-state index contributed by atoms with van der Waals surface area (Å²) in [5.74, 6) is 0. The molecule has 0 heterocycles. The highest BCUT2D eigenvalue weighted by atomic mass is 16.8. The Balaban J connectivity index is 3.68. The van der Waals surface area contributed by atoms with E-state index in [4.69, 9.17) is 5.21 Å². The minimum absolute atomic E-state index is 0.253. The van der Waals surface area contributed by atoms with Gasteiger partial charge in [0.15, 0.2) is 0 Å². The fraction of sp³-hybridized carbons (Fsp3) is 0.750. The van der Waals surface area contributed by atoms with E-state index in [1.165, 1.54) is 12.7 Å². The Kier molecular flexibility index (Phi) is 4.55. The third kappa shape index (κ3) is 2.62. The number of hydroxylamine groups is 1. The van der Waals surface area contributed by atoms with Crippen LogP contribution in [-0.4, -0.2) is 30.2 Å². The third-order valence-electron chi connectivity index (χ3n) is 0.689. The number of methoxy groups -OCH3 is 1. The number of ether oxygens (including phenoxy) is 1. The Labute approximate surface area is 58.2 Å². The molecule has 0 aromatic carbocycles. The second-order valence-electron chi connectivity index (χ2n) is 1.28. The molecule has 0 aliphatic rings. The van der Waals surface area contributed by atoms with Crippen molar-refractivity contribution in [3.05, 3.63) is 0 Å². The zero-order valence-electron chi connectivity index (χ0n) is 5.83. The maximum Gasteiger partial charge on any atom is 0.451 e. The van der Waals surface area contributed by atoms with Crippen LogP contribution in [0.25, 0.3) is 0 Å². The van der Waals surface area contributed by atoms with Gasteiger partial charge in [0.2, 0.25) is 0 Å². The molecular formula is C4H10N2O4. The number of hydrogen-bond acceptors (Lipinski definition) is 5. The summed E-state index contributed by atoms with van der Waals surface area (Å²) in [7, 11) is 1.17. The lowest BCUT2D eigenvalue weighted by Crippen LogP contribution is -2.40. The highest BCUT2D eigenvalue weighted by Gasteiger charge is 2.11. The van der Waals surface area contributed by atoms with Crippen LogP contribution in [0.1, 0.15) is 6.92 Å². The first kappa shape index (κ1) is 9.15. The lowest BCUT2D eigenvalue weighted by atomic mass is 10.9. The lowest BCUT2D eigenvalue weighted by Gasteiger charge is -2.15. The Bertz CT molecular complexity index is 107. The minimum Gasteiger partial charge on any atom is -0.450 e. The van der Waals surface area contributed by atoms with Gasteiger partial charge in [-0.3, -0.25) is 10.0 Å². The number of amides is 1. The van der Waals surface area contributed by atoms with Gasteiger partial charge in [-0.25, -0.2) is 4.79 Å². The molecule has 6 nitrogen and oxygen atoms in total. The summed E-state index contributed by atoms with van der Waals surface area (Å²) >= 11 is 0. The van der Waals surface area contributed by atoms with Crippen molar-refractivity contribution in [1.82, 2.24) is 10.8 Å². The highest BCUT2D eigenvalue weighted by Crippen LogP contribution is 1.87. The van der Waals surface area contributed by atoms with Crippen LogP contribution in [-0.2, 0) is 9.57 Å². The quantitative estimate of drug-likeness (QED) is 0.550. The van der Waals surface area contributed by atoms with Gasteiger partial charge in [-0.15, -0.1) is 0 Å². The molecule has 0 aliphatic carbocycles. The number of nitrogens with zero attached hydrogens (tertiary/aromatic N) is 1. The third-order valence-corrected chi connectivity index (χ3v) is 0.689. The smallest absolute Gasteiger partial charge is 0.450 e. The van der Waals surface area contributed by atoms with Crippen LogP contribution in [0.15, 0.2) is 0 Å². The molecule has 0 spiro atoms. The largest absolute Gasteiger partial charge is 0.451 e. The highest BCUT2D eigenvalue weighted by molar-refractivity contribution is 5.65. The molecule has 0 bridgehead atoms. The fourth-order valence-electron chi connectivity index (χ4n) is 0.334. The van der Waals surface area contributed by atoms with Crippen molar-refractivity contribution < 1.29 is 19.6 Å². The zero-order valence-corrected chi connectivity index (χ0v) is 5.83. The van der Waals surface area contributed by atoms with E-state index in [0.29, 0.717) is 5.17 Å². The summed E-state index contributed by atoms with van der Waals surface area (Å²) in [6.45, 7) is 1.91. The number of rotatable bonds is 3. The van der Waals surface area contributed by atoms with Crippen molar-refractivity contribution in [3.8, 4) is 0 Å². The maximum atomic E-state index is 10.5.